The van der Waals surface area contributed by atoms with Gasteiger partial charge in [0, 0.05) is 24.5 Å². The number of aryl methyl sites for hydroxylation is 2. The zero-order valence-corrected chi connectivity index (χ0v) is 17.6. The van der Waals surface area contributed by atoms with E-state index in [1.165, 1.54) is 5.56 Å². The van der Waals surface area contributed by atoms with Gasteiger partial charge >= 0.3 is 0 Å². The minimum atomic E-state index is -2.79. The SMILES string of the molecule is Cc1ccc2c(C)nc(N3CCCC(NCC4CCS(=O)(=O)C4)CC3)nc2c1. The van der Waals surface area contributed by atoms with Gasteiger partial charge in [-0.25, -0.2) is 18.4 Å². The monoisotopic (exact) mass is 402 g/mol. The summed E-state index contributed by atoms with van der Waals surface area (Å²) in [4.78, 5) is 11.9. The molecule has 0 spiro atoms. The standard InChI is InChI=1S/C21H30N4O2S/c1-15-5-6-19-16(2)23-21(24-20(19)12-15)25-9-3-4-18(7-10-25)22-13-17-8-11-28(26,27)14-17/h5-6,12,17-18,22H,3-4,7-11,13-14H2,1-2H3. The Morgan fingerprint density at radius 1 is 1.14 bits per heavy atom. The fourth-order valence-electron chi connectivity index (χ4n) is 4.39. The predicted octanol–water partition coefficient (Wildman–Crippen LogP) is 2.63. The number of nitrogens with zero attached hydrogens (tertiary/aromatic N) is 3. The van der Waals surface area contributed by atoms with Crippen molar-refractivity contribution in [3.8, 4) is 0 Å². The largest absolute Gasteiger partial charge is 0.341 e. The van der Waals surface area contributed by atoms with E-state index in [1.54, 1.807) is 0 Å². The molecule has 0 saturated carbocycles. The van der Waals surface area contributed by atoms with Gasteiger partial charge in [-0.15, -0.1) is 0 Å². The number of hydrogen-bond donors (Lipinski definition) is 1. The lowest BCUT2D eigenvalue weighted by molar-refractivity contribution is 0.423. The second kappa shape index (κ2) is 7.95. The molecule has 2 saturated heterocycles. The molecule has 28 heavy (non-hydrogen) atoms. The molecule has 0 aliphatic carbocycles. The van der Waals surface area contributed by atoms with Crippen LogP contribution in [0.25, 0.3) is 10.9 Å². The first-order valence-electron chi connectivity index (χ1n) is 10.3. The summed E-state index contributed by atoms with van der Waals surface area (Å²) in [5.41, 5.74) is 3.26. The van der Waals surface area contributed by atoms with Gasteiger partial charge in [0.2, 0.25) is 5.95 Å². The Morgan fingerprint density at radius 3 is 2.79 bits per heavy atom. The molecule has 7 heteroatoms. The van der Waals surface area contributed by atoms with Crippen LogP contribution >= 0.6 is 0 Å². The summed E-state index contributed by atoms with van der Waals surface area (Å²) in [6, 6.07) is 6.79. The molecule has 2 unspecified atom stereocenters. The summed E-state index contributed by atoms with van der Waals surface area (Å²) in [7, 11) is -2.79. The third kappa shape index (κ3) is 4.46. The molecule has 0 bridgehead atoms. The maximum Gasteiger partial charge on any atom is 0.226 e. The van der Waals surface area contributed by atoms with E-state index in [-0.39, 0.29) is 5.92 Å². The van der Waals surface area contributed by atoms with E-state index in [0.717, 1.165) is 67.9 Å². The average molecular weight is 403 g/mol. The fourth-order valence-corrected chi connectivity index (χ4v) is 6.25. The Balaban J connectivity index is 1.39. The molecule has 6 nitrogen and oxygen atoms in total. The van der Waals surface area contributed by atoms with Crippen molar-refractivity contribution >= 4 is 26.7 Å². The molecule has 3 heterocycles. The van der Waals surface area contributed by atoms with E-state index in [2.05, 4.69) is 42.3 Å². The molecule has 1 aromatic heterocycles. The molecule has 0 amide bonds. The van der Waals surface area contributed by atoms with Gasteiger partial charge in [-0.05, 0) is 63.6 Å². The zero-order valence-electron chi connectivity index (χ0n) is 16.8. The molecule has 152 valence electrons. The topological polar surface area (TPSA) is 75.2 Å². The molecule has 2 aliphatic rings. The lowest BCUT2D eigenvalue weighted by Gasteiger charge is -2.22. The van der Waals surface area contributed by atoms with Crippen LogP contribution in [0, 0.1) is 19.8 Å². The lowest BCUT2D eigenvalue weighted by atomic mass is 10.1. The number of fused-ring (bicyclic) bond motifs is 1. The minimum Gasteiger partial charge on any atom is -0.341 e. The summed E-state index contributed by atoms with van der Waals surface area (Å²) in [5, 5.41) is 4.75. The van der Waals surface area contributed by atoms with Crippen molar-refractivity contribution in [2.24, 2.45) is 5.92 Å². The first-order valence-corrected chi connectivity index (χ1v) is 12.2. The van der Waals surface area contributed by atoms with Crippen LogP contribution in [0.5, 0.6) is 0 Å². The van der Waals surface area contributed by atoms with Gasteiger partial charge in [-0.1, -0.05) is 12.1 Å². The van der Waals surface area contributed by atoms with Crippen molar-refractivity contribution in [3.05, 3.63) is 29.5 Å². The quantitative estimate of drug-likeness (QED) is 0.847. The van der Waals surface area contributed by atoms with E-state index < -0.39 is 9.84 Å². The van der Waals surface area contributed by atoms with Crippen LogP contribution in [0.15, 0.2) is 18.2 Å². The van der Waals surface area contributed by atoms with Gasteiger partial charge in [-0.3, -0.25) is 0 Å². The molecule has 0 radical (unpaired) electrons. The smallest absolute Gasteiger partial charge is 0.226 e. The molecule has 4 rings (SSSR count). The summed E-state index contributed by atoms with van der Waals surface area (Å²) in [5.74, 6) is 1.82. The third-order valence-electron chi connectivity index (χ3n) is 6.06. The van der Waals surface area contributed by atoms with Crippen molar-refractivity contribution in [2.75, 3.05) is 36.0 Å². The van der Waals surface area contributed by atoms with E-state index >= 15 is 0 Å². The number of benzene rings is 1. The Kier molecular flexibility index (Phi) is 5.56. The van der Waals surface area contributed by atoms with E-state index in [9.17, 15) is 8.42 Å². The predicted molar refractivity (Wildman–Crippen MR) is 114 cm³/mol. The Hall–Kier alpha value is -1.73. The highest BCUT2D eigenvalue weighted by Crippen LogP contribution is 2.23. The summed E-state index contributed by atoms with van der Waals surface area (Å²) in [6.07, 6.45) is 4.04. The van der Waals surface area contributed by atoms with E-state index in [1.807, 2.05) is 0 Å². The van der Waals surface area contributed by atoms with Crippen LogP contribution < -0.4 is 10.2 Å². The minimum absolute atomic E-state index is 0.277. The number of nitrogens with one attached hydrogen (secondary N) is 1. The van der Waals surface area contributed by atoms with E-state index in [4.69, 9.17) is 9.97 Å². The van der Waals surface area contributed by atoms with Crippen LogP contribution in [0.1, 0.15) is 36.9 Å². The Labute approximate surface area is 167 Å². The van der Waals surface area contributed by atoms with Crippen LogP contribution in [0.2, 0.25) is 0 Å². The van der Waals surface area contributed by atoms with Crippen molar-refractivity contribution in [1.82, 2.24) is 15.3 Å². The highest BCUT2D eigenvalue weighted by Gasteiger charge is 2.28. The van der Waals surface area contributed by atoms with Gasteiger partial charge in [-0.2, -0.15) is 0 Å². The van der Waals surface area contributed by atoms with Gasteiger partial charge in [0.25, 0.3) is 0 Å². The van der Waals surface area contributed by atoms with Crippen LogP contribution in [0.4, 0.5) is 5.95 Å². The van der Waals surface area contributed by atoms with Gasteiger partial charge in [0.15, 0.2) is 9.84 Å². The molecule has 2 atom stereocenters. The molecular formula is C21H30N4O2S. The normalized spacial score (nSPS) is 25.1. The first-order chi connectivity index (χ1) is 13.4. The second-order valence-corrected chi connectivity index (χ2v) is 10.7. The highest BCUT2D eigenvalue weighted by atomic mass is 32.2. The molecule has 2 aromatic rings. The number of anilines is 1. The van der Waals surface area contributed by atoms with E-state index in [0.29, 0.717) is 17.5 Å². The highest BCUT2D eigenvalue weighted by molar-refractivity contribution is 7.91. The maximum atomic E-state index is 11.6. The van der Waals surface area contributed by atoms with Gasteiger partial charge < -0.3 is 10.2 Å². The third-order valence-corrected chi connectivity index (χ3v) is 7.90. The fraction of sp³-hybridized carbons (Fsp3) is 0.619. The number of hydrogen-bond acceptors (Lipinski definition) is 6. The van der Waals surface area contributed by atoms with Crippen molar-refractivity contribution < 1.29 is 8.42 Å². The van der Waals surface area contributed by atoms with Crippen LogP contribution in [-0.4, -0.2) is 55.6 Å². The average Bonchev–Trinajstić information content (AvgIpc) is 2.85. The van der Waals surface area contributed by atoms with Gasteiger partial charge in [0.05, 0.1) is 22.7 Å². The number of aromatic nitrogens is 2. The summed E-state index contributed by atoms with van der Waals surface area (Å²) >= 11 is 0. The molecule has 2 fully saturated rings. The van der Waals surface area contributed by atoms with Crippen molar-refractivity contribution in [1.29, 1.82) is 0 Å². The maximum absolute atomic E-state index is 11.6. The Bertz CT molecular complexity index is 960. The van der Waals surface area contributed by atoms with Crippen molar-refractivity contribution in [2.45, 2.75) is 45.6 Å². The van der Waals surface area contributed by atoms with Crippen molar-refractivity contribution in [3.63, 3.8) is 0 Å². The van der Waals surface area contributed by atoms with Gasteiger partial charge in [0.1, 0.15) is 0 Å². The van der Waals surface area contributed by atoms with Crippen LogP contribution in [0.3, 0.4) is 0 Å². The molecule has 2 aliphatic heterocycles. The Morgan fingerprint density at radius 2 is 2.00 bits per heavy atom. The molecule has 1 aromatic carbocycles. The van der Waals surface area contributed by atoms with Crippen LogP contribution in [-0.2, 0) is 9.84 Å². The number of rotatable bonds is 4. The molecule has 1 N–H and O–H groups in total. The second-order valence-electron chi connectivity index (χ2n) is 8.42. The lowest BCUT2D eigenvalue weighted by Crippen LogP contribution is -2.35. The number of sulfone groups is 1. The molecular weight excluding hydrogens is 372 g/mol. The summed E-state index contributed by atoms with van der Waals surface area (Å²) < 4.78 is 23.3. The first kappa shape index (κ1) is 19.6. The summed E-state index contributed by atoms with van der Waals surface area (Å²) in [6.45, 7) is 6.86. The zero-order chi connectivity index (χ0) is 19.7.